The highest BCUT2D eigenvalue weighted by atomic mass is 16.5. The lowest BCUT2D eigenvalue weighted by Gasteiger charge is -2.11. The Balaban J connectivity index is 1.53. The van der Waals surface area contributed by atoms with Gasteiger partial charge in [0.15, 0.2) is 11.5 Å². The molecule has 1 N–H and O–H groups in total. The molecule has 5 nitrogen and oxygen atoms in total. The Hall–Kier alpha value is -3.31. The van der Waals surface area contributed by atoms with Gasteiger partial charge in [-0.15, -0.1) is 0 Å². The van der Waals surface area contributed by atoms with Gasteiger partial charge in [-0.3, -0.25) is 0 Å². The molecule has 0 aliphatic heterocycles. The molecule has 5 heteroatoms. The molecular weight excluding hydrogens is 366 g/mol. The van der Waals surface area contributed by atoms with Gasteiger partial charge in [0, 0.05) is 18.0 Å². The minimum absolute atomic E-state index is 0.329. The maximum absolute atomic E-state index is 12.0. The first-order valence-electron chi connectivity index (χ1n) is 9.55. The van der Waals surface area contributed by atoms with Crippen molar-refractivity contribution in [3.63, 3.8) is 0 Å². The number of rotatable bonds is 7. The average Bonchev–Trinajstić information content (AvgIpc) is 2.75. The van der Waals surface area contributed by atoms with E-state index in [0.29, 0.717) is 12.1 Å². The molecule has 0 amide bonds. The van der Waals surface area contributed by atoms with Gasteiger partial charge in [-0.1, -0.05) is 36.4 Å². The number of benzene rings is 3. The van der Waals surface area contributed by atoms with Crippen LogP contribution in [0.1, 0.15) is 11.1 Å². The predicted molar refractivity (Wildman–Crippen MR) is 115 cm³/mol. The quantitative estimate of drug-likeness (QED) is 0.290. The number of nitrogens with one attached hydrogen (secondary N) is 1. The highest BCUT2D eigenvalue weighted by Gasteiger charge is 2.10. The normalized spacial score (nSPS) is 11.1. The summed E-state index contributed by atoms with van der Waals surface area (Å²) in [5.74, 6) is 1.45. The molecule has 0 saturated heterocycles. The van der Waals surface area contributed by atoms with Crippen LogP contribution in [-0.4, -0.2) is 20.8 Å². The molecule has 1 heterocycles. The maximum atomic E-state index is 12.0. The van der Waals surface area contributed by atoms with Crippen LogP contribution in [-0.2, 0) is 13.0 Å². The van der Waals surface area contributed by atoms with Crippen LogP contribution in [0.15, 0.2) is 69.9 Å². The average molecular weight is 389 g/mol. The van der Waals surface area contributed by atoms with Crippen molar-refractivity contribution < 1.29 is 13.9 Å². The summed E-state index contributed by atoms with van der Waals surface area (Å²) in [6.07, 6.45) is 0.834. The van der Waals surface area contributed by atoms with E-state index < -0.39 is 0 Å². The first kappa shape index (κ1) is 19.0. The van der Waals surface area contributed by atoms with Crippen molar-refractivity contribution in [2.75, 3.05) is 20.8 Å². The van der Waals surface area contributed by atoms with Crippen molar-refractivity contribution in [3.8, 4) is 11.5 Å². The van der Waals surface area contributed by atoms with Gasteiger partial charge in [-0.05, 0) is 53.1 Å². The third kappa shape index (κ3) is 3.96. The van der Waals surface area contributed by atoms with Crippen molar-refractivity contribution in [1.29, 1.82) is 0 Å². The van der Waals surface area contributed by atoms with Gasteiger partial charge in [0.1, 0.15) is 5.58 Å². The topological polar surface area (TPSA) is 60.7 Å². The maximum Gasteiger partial charge on any atom is 0.336 e. The fraction of sp³-hybridized carbons (Fsp3) is 0.208. The first-order valence-corrected chi connectivity index (χ1v) is 9.55. The standard InChI is InChI=1S/C24H23NO4/c1-27-20-9-7-16(13-22(20)28-2)11-12-25-15-18-14-23(26)29-21-10-8-17-5-3-4-6-19(17)24(18)21/h3-10,13-14,25H,11-12,15H2,1-2H3. The molecule has 0 unspecified atom stereocenters. The molecule has 0 aliphatic carbocycles. The van der Waals surface area contributed by atoms with Crippen molar-refractivity contribution in [3.05, 3.63) is 82.2 Å². The molecule has 0 atom stereocenters. The minimum atomic E-state index is -0.329. The van der Waals surface area contributed by atoms with Crippen LogP contribution in [0, 0.1) is 0 Å². The summed E-state index contributed by atoms with van der Waals surface area (Å²) in [6.45, 7) is 1.35. The number of methoxy groups -OCH3 is 2. The van der Waals surface area contributed by atoms with E-state index in [1.807, 2.05) is 42.5 Å². The van der Waals surface area contributed by atoms with E-state index in [2.05, 4.69) is 17.4 Å². The highest BCUT2D eigenvalue weighted by molar-refractivity contribution is 6.07. The molecule has 3 aromatic carbocycles. The second-order valence-corrected chi connectivity index (χ2v) is 6.87. The SMILES string of the molecule is COc1ccc(CCNCc2cc(=O)oc3ccc4ccccc4c23)cc1OC. The van der Waals surface area contributed by atoms with Crippen molar-refractivity contribution in [2.45, 2.75) is 13.0 Å². The molecular formula is C24H23NO4. The first-order chi connectivity index (χ1) is 14.2. The third-order valence-electron chi connectivity index (χ3n) is 5.07. The van der Waals surface area contributed by atoms with E-state index in [1.54, 1.807) is 20.3 Å². The zero-order chi connectivity index (χ0) is 20.2. The van der Waals surface area contributed by atoms with Crippen LogP contribution in [0.2, 0.25) is 0 Å². The van der Waals surface area contributed by atoms with Gasteiger partial charge in [0.2, 0.25) is 0 Å². The van der Waals surface area contributed by atoms with Crippen LogP contribution >= 0.6 is 0 Å². The van der Waals surface area contributed by atoms with Gasteiger partial charge in [0.05, 0.1) is 14.2 Å². The van der Waals surface area contributed by atoms with E-state index >= 15 is 0 Å². The van der Waals surface area contributed by atoms with E-state index in [-0.39, 0.29) is 5.63 Å². The van der Waals surface area contributed by atoms with Crippen molar-refractivity contribution in [2.24, 2.45) is 0 Å². The molecule has 0 radical (unpaired) electrons. The van der Waals surface area contributed by atoms with Gasteiger partial charge in [-0.25, -0.2) is 4.79 Å². The summed E-state index contributed by atoms with van der Waals surface area (Å²) in [6, 6.07) is 19.5. The van der Waals surface area contributed by atoms with Gasteiger partial charge in [-0.2, -0.15) is 0 Å². The zero-order valence-electron chi connectivity index (χ0n) is 16.5. The largest absolute Gasteiger partial charge is 0.493 e. The summed E-state index contributed by atoms with van der Waals surface area (Å²) in [5.41, 5.74) is 2.38. The molecule has 1 aromatic heterocycles. The lowest BCUT2D eigenvalue weighted by molar-refractivity contribution is 0.354. The van der Waals surface area contributed by atoms with Gasteiger partial charge < -0.3 is 19.2 Å². The fourth-order valence-electron chi connectivity index (χ4n) is 3.65. The Bertz CT molecular complexity index is 1210. The predicted octanol–water partition coefficient (Wildman–Crippen LogP) is 4.30. The van der Waals surface area contributed by atoms with Crippen molar-refractivity contribution in [1.82, 2.24) is 5.32 Å². The molecule has 4 rings (SSSR count). The Morgan fingerprint density at radius 1 is 0.931 bits per heavy atom. The molecule has 0 spiro atoms. The fourth-order valence-corrected chi connectivity index (χ4v) is 3.65. The van der Waals surface area contributed by atoms with Crippen LogP contribution in [0.4, 0.5) is 0 Å². The van der Waals surface area contributed by atoms with Gasteiger partial charge in [0.25, 0.3) is 0 Å². The van der Waals surface area contributed by atoms with E-state index in [4.69, 9.17) is 13.9 Å². The minimum Gasteiger partial charge on any atom is -0.493 e. The molecule has 0 saturated carbocycles. The lowest BCUT2D eigenvalue weighted by atomic mass is 10.0. The van der Waals surface area contributed by atoms with Crippen LogP contribution in [0.3, 0.4) is 0 Å². The number of hydrogen-bond donors (Lipinski definition) is 1. The van der Waals surface area contributed by atoms with Crippen LogP contribution < -0.4 is 20.4 Å². The Morgan fingerprint density at radius 2 is 1.76 bits per heavy atom. The summed E-state index contributed by atoms with van der Waals surface area (Å²) < 4.78 is 16.1. The van der Waals surface area contributed by atoms with Crippen LogP contribution in [0.5, 0.6) is 11.5 Å². The summed E-state index contributed by atoms with van der Waals surface area (Å²) in [7, 11) is 3.26. The number of ether oxygens (including phenoxy) is 2. The molecule has 0 aliphatic rings. The number of fused-ring (bicyclic) bond motifs is 3. The smallest absolute Gasteiger partial charge is 0.336 e. The van der Waals surface area contributed by atoms with Crippen LogP contribution in [0.25, 0.3) is 21.7 Å². The number of hydrogen-bond acceptors (Lipinski definition) is 5. The third-order valence-corrected chi connectivity index (χ3v) is 5.07. The summed E-state index contributed by atoms with van der Waals surface area (Å²) in [5, 5.41) is 6.65. The Morgan fingerprint density at radius 3 is 2.59 bits per heavy atom. The second-order valence-electron chi connectivity index (χ2n) is 6.87. The Kier molecular flexibility index (Phi) is 5.49. The molecule has 148 valence electrons. The zero-order valence-corrected chi connectivity index (χ0v) is 16.5. The molecule has 29 heavy (non-hydrogen) atoms. The monoisotopic (exact) mass is 389 g/mol. The lowest BCUT2D eigenvalue weighted by Crippen LogP contribution is -2.18. The second kappa shape index (κ2) is 8.37. The van der Waals surface area contributed by atoms with E-state index in [1.165, 1.54) is 0 Å². The van der Waals surface area contributed by atoms with E-state index in [9.17, 15) is 4.79 Å². The summed E-state index contributed by atoms with van der Waals surface area (Å²) >= 11 is 0. The van der Waals surface area contributed by atoms with Gasteiger partial charge >= 0.3 is 5.63 Å². The Labute approximate surface area is 168 Å². The highest BCUT2D eigenvalue weighted by Crippen LogP contribution is 2.28. The molecule has 0 fully saturated rings. The van der Waals surface area contributed by atoms with E-state index in [0.717, 1.165) is 51.8 Å². The molecule has 4 aromatic rings. The summed E-state index contributed by atoms with van der Waals surface area (Å²) in [4.78, 5) is 12.0. The molecule has 0 bridgehead atoms. The van der Waals surface area contributed by atoms with Crippen molar-refractivity contribution >= 4 is 21.7 Å².